The Balaban J connectivity index is 1.48. The van der Waals surface area contributed by atoms with E-state index < -0.39 is 23.6 Å². The van der Waals surface area contributed by atoms with Crippen molar-refractivity contribution in [3.05, 3.63) is 156 Å². The molecule has 0 fully saturated rings. The van der Waals surface area contributed by atoms with Crippen LogP contribution in [0, 0.1) is 5.92 Å². The quantitative estimate of drug-likeness (QED) is 0.132. The van der Waals surface area contributed by atoms with Gasteiger partial charge in [-0.2, -0.15) is 0 Å². The minimum Gasteiger partial charge on any atom is -0.466 e. The number of aliphatic hydroxyl groups excluding tert-OH is 1. The van der Waals surface area contributed by atoms with Crippen LogP contribution < -0.4 is 0 Å². The molecule has 0 radical (unpaired) electrons. The fraction of sp³-hybridized carbons (Fsp3) is 0.216. The van der Waals surface area contributed by atoms with Crippen LogP contribution in [0.3, 0.4) is 0 Å². The molecule has 0 aliphatic rings. The van der Waals surface area contributed by atoms with E-state index >= 15 is 0 Å². The molecule has 0 amide bonds. The highest BCUT2D eigenvalue weighted by atomic mass is 16.5. The third kappa shape index (κ3) is 6.25. The van der Waals surface area contributed by atoms with Gasteiger partial charge in [0.1, 0.15) is 11.5 Å². The molecule has 4 heteroatoms. The topological polar surface area (TPSA) is 55.8 Å². The fourth-order valence-corrected chi connectivity index (χ4v) is 5.58. The fourth-order valence-electron chi connectivity index (χ4n) is 5.58. The number of hydrogen-bond donors (Lipinski definition) is 1. The lowest BCUT2D eigenvalue weighted by Crippen LogP contribution is -2.40. The Kier molecular flexibility index (Phi) is 9.25. The maximum absolute atomic E-state index is 13.3. The van der Waals surface area contributed by atoms with Crippen LogP contribution in [0.4, 0.5) is 0 Å². The van der Waals surface area contributed by atoms with Crippen LogP contribution in [0.25, 0.3) is 10.8 Å². The van der Waals surface area contributed by atoms with E-state index in [1.165, 1.54) is 0 Å². The van der Waals surface area contributed by atoms with E-state index in [2.05, 4.69) is 24.3 Å². The number of esters is 1. The molecule has 0 saturated heterocycles. The van der Waals surface area contributed by atoms with Gasteiger partial charge in [-0.3, -0.25) is 4.79 Å². The van der Waals surface area contributed by atoms with Crippen molar-refractivity contribution in [1.82, 2.24) is 0 Å². The molecule has 41 heavy (non-hydrogen) atoms. The minimum absolute atomic E-state index is 0.0196. The summed E-state index contributed by atoms with van der Waals surface area (Å²) in [5.74, 6) is -1.32. The molecule has 0 aliphatic carbocycles. The number of ether oxygens (including phenoxy) is 2. The van der Waals surface area contributed by atoms with Crippen LogP contribution in [0.5, 0.6) is 0 Å². The van der Waals surface area contributed by atoms with Crippen molar-refractivity contribution in [1.29, 1.82) is 0 Å². The molecule has 5 aromatic carbocycles. The monoisotopic (exact) mass is 544 g/mol. The second kappa shape index (κ2) is 13.4. The normalized spacial score (nSPS) is 13.0. The Labute approximate surface area is 242 Å². The molecule has 0 spiro atoms. The molecule has 0 unspecified atom stereocenters. The van der Waals surface area contributed by atoms with Crippen molar-refractivity contribution in [3.8, 4) is 0 Å². The first kappa shape index (κ1) is 28.3. The van der Waals surface area contributed by atoms with E-state index in [9.17, 15) is 9.90 Å². The van der Waals surface area contributed by atoms with Crippen molar-refractivity contribution < 1.29 is 19.4 Å². The van der Waals surface area contributed by atoms with Crippen LogP contribution in [0.15, 0.2) is 133 Å². The Hall–Kier alpha value is -4.25. The molecule has 0 heterocycles. The molecule has 5 rings (SSSR count). The molecular weight excluding hydrogens is 508 g/mol. The van der Waals surface area contributed by atoms with Gasteiger partial charge in [0.15, 0.2) is 0 Å². The predicted molar refractivity (Wildman–Crippen MR) is 164 cm³/mol. The lowest BCUT2D eigenvalue weighted by atomic mass is 9.80. The summed E-state index contributed by atoms with van der Waals surface area (Å²) in [7, 11) is 0. The number of aryl methyl sites for hydroxylation is 1. The first-order valence-electron chi connectivity index (χ1n) is 14.3. The standard InChI is InChI=1S/C37H36O4/c1-2-40-36(39)34(35(38)26-25-29-17-14-16-28-15-12-13-24-33(28)29)27-41-37(30-18-6-3-7-19-30,31-20-8-4-9-21-31)32-22-10-5-11-23-32/h3-24,34-35,38H,2,25-27H2,1H3/t34-,35+/m1/s1. The van der Waals surface area contributed by atoms with E-state index in [0.29, 0.717) is 12.8 Å². The Morgan fingerprint density at radius 3 is 1.78 bits per heavy atom. The molecule has 2 atom stereocenters. The molecule has 0 aromatic heterocycles. The van der Waals surface area contributed by atoms with E-state index in [0.717, 1.165) is 33.0 Å². The van der Waals surface area contributed by atoms with Gasteiger partial charge in [0.25, 0.3) is 0 Å². The van der Waals surface area contributed by atoms with Crippen LogP contribution in [0.1, 0.15) is 35.6 Å². The van der Waals surface area contributed by atoms with Crippen LogP contribution in [-0.2, 0) is 26.3 Å². The number of carbonyl (C=O) groups is 1. The molecule has 4 nitrogen and oxygen atoms in total. The van der Waals surface area contributed by atoms with E-state index in [4.69, 9.17) is 9.47 Å². The van der Waals surface area contributed by atoms with Crippen LogP contribution in [-0.4, -0.2) is 30.4 Å². The molecule has 0 bridgehead atoms. The van der Waals surface area contributed by atoms with Crippen LogP contribution in [0.2, 0.25) is 0 Å². The van der Waals surface area contributed by atoms with Gasteiger partial charge in [-0.15, -0.1) is 0 Å². The highest BCUT2D eigenvalue weighted by Gasteiger charge is 2.40. The van der Waals surface area contributed by atoms with Crippen LogP contribution >= 0.6 is 0 Å². The molecule has 1 N–H and O–H groups in total. The lowest BCUT2D eigenvalue weighted by molar-refractivity contribution is -0.157. The molecular formula is C37H36O4. The van der Waals surface area contributed by atoms with Gasteiger partial charge in [-0.1, -0.05) is 133 Å². The zero-order valence-electron chi connectivity index (χ0n) is 23.4. The highest BCUT2D eigenvalue weighted by Crippen LogP contribution is 2.41. The van der Waals surface area contributed by atoms with Crippen molar-refractivity contribution >= 4 is 16.7 Å². The summed E-state index contributed by atoms with van der Waals surface area (Å²) in [5, 5.41) is 13.8. The first-order chi connectivity index (χ1) is 20.1. The summed E-state index contributed by atoms with van der Waals surface area (Å²) < 4.78 is 12.4. The molecule has 0 saturated carbocycles. The largest absolute Gasteiger partial charge is 0.466 e. The minimum atomic E-state index is -0.996. The Bertz CT molecular complexity index is 1430. The third-order valence-electron chi connectivity index (χ3n) is 7.66. The van der Waals surface area contributed by atoms with Crippen molar-refractivity contribution in [2.24, 2.45) is 5.92 Å². The van der Waals surface area contributed by atoms with Gasteiger partial charge in [0, 0.05) is 0 Å². The molecule has 5 aromatic rings. The van der Waals surface area contributed by atoms with E-state index in [1.807, 2.05) is 109 Å². The van der Waals surface area contributed by atoms with E-state index in [1.54, 1.807) is 6.92 Å². The summed E-state index contributed by atoms with van der Waals surface area (Å²) >= 11 is 0. The Morgan fingerprint density at radius 1 is 0.707 bits per heavy atom. The summed E-state index contributed by atoms with van der Waals surface area (Å²) in [6.45, 7) is 1.99. The number of rotatable bonds is 12. The van der Waals surface area contributed by atoms with Crippen molar-refractivity contribution in [2.75, 3.05) is 13.2 Å². The number of hydrogen-bond acceptors (Lipinski definition) is 4. The van der Waals surface area contributed by atoms with Gasteiger partial charge in [-0.05, 0) is 52.8 Å². The van der Waals surface area contributed by atoms with Gasteiger partial charge in [0.05, 0.1) is 19.3 Å². The SMILES string of the molecule is CCOC(=O)[C@H](COC(c1ccccc1)(c1ccccc1)c1ccccc1)[C@@H](O)CCc1cccc2ccccc12. The number of benzene rings is 5. The summed E-state index contributed by atoms with van der Waals surface area (Å²) in [6.07, 6.45) is 0.0724. The zero-order valence-corrected chi connectivity index (χ0v) is 23.4. The average molecular weight is 545 g/mol. The zero-order chi connectivity index (χ0) is 28.5. The number of carbonyl (C=O) groups excluding carboxylic acids is 1. The second-order valence-electron chi connectivity index (χ2n) is 10.2. The summed E-state index contributed by atoms with van der Waals surface area (Å²) in [5.41, 5.74) is 2.95. The molecule has 0 aliphatic heterocycles. The van der Waals surface area contributed by atoms with E-state index in [-0.39, 0.29) is 13.2 Å². The summed E-state index contributed by atoms with van der Waals surface area (Å²) in [6, 6.07) is 44.5. The second-order valence-corrected chi connectivity index (χ2v) is 10.2. The smallest absolute Gasteiger partial charge is 0.313 e. The Morgan fingerprint density at radius 2 is 1.22 bits per heavy atom. The van der Waals surface area contributed by atoms with Crippen molar-refractivity contribution in [2.45, 2.75) is 31.5 Å². The van der Waals surface area contributed by atoms with Gasteiger partial charge >= 0.3 is 5.97 Å². The lowest BCUT2D eigenvalue weighted by Gasteiger charge is -2.37. The third-order valence-corrected chi connectivity index (χ3v) is 7.66. The maximum atomic E-state index is 13.3. The predicted octanol–water partition coefficient (Wildman–Crippen LogP) is 7.32. The first-order valence-corrected chi connectivity index (χ1v) is 14.3. The number of fused-ring (bicyclic) bond motifs is 1. The average Bonchev–Trinajstić information content (AvgIpc) is 3.03. The highest BCUT2D eigenvalue weighted by molar-refractivity contribution is 5.85. The maximum Gasteiger partial charge on any atom is 0.313 e. The van der Waals surface area contributed by atoms with Gasteiger partial charge in [-0.25, -0.2) is 0 Å². The number of aliphatic hydroxyl groups is 1. The van der Waals surface area contributed by atoms with Gasteiger partial charge < -0.3 is 14.6 Å². The van der Waals surface area contributed by atoms with Crippen molar-refractivity contribution in [3.63, 3.8) is 0 Å². The van der Waals surface area contributed by atoms with Gasteiger partial charge in [0.2, 0.25) is 0 Å². The molecule has 208 valence electrons. The summed E-state index contributed by atoms with van der Waals surface area (Å²) in [4.78, 5) is 13.3.